The highest BCUT2D eigenvalue weighted by atomic mass is 79.9. The quantitative estimate of drug-likeness (QED) is 0.756. The normalized spacial score (nSPS) is 25.9. The molecule has 0 amide bonds. The molecule has 0 bridgehead atoms. The monoisotopic (exact) mass is 296 g/mol. The summed E-state index contributed by atoms with van der Waals surface area (Å²) in [7, 11) is 0. The van der Waals surface area contributed by atoms with Crippen LogP contribution in [0.1, 0.15) is 62.9 Å². The average Bonchev–Trinajstić information content (AvgIpc) is 2.68. The lowest BCUT2D eigenvalue weighted by Gasteiger charge is -2.26. The molecule has 1 aliphatic carbocycles. The molecular weight excluding hydrogens is 276 g/mol. The van der Waals surface area contributed by atoms with Gasteiger partial charge in [-0.3, -0.25) is 0 Å². The zero-order valence-corrected chi connectivity index (χ0v) is 12.2. The SMILES string of the molecule is CC1CCn2c(C3CCCCC3)nc(Br)c2C1. The Morgan fingerprint density at radius 1 is 1.18 bits per heavy atom. The molecule has 1 saturated carbocycles. The van der Waals surface area contributed by atoms with Crippen LogP contribution in [0.5, 0.6) is 0 Å². The van der Waals surface area contributed by atoms with Crippen molar-refractivity contribution in [2.75, 3.05) is 0 Å². The Morgan fingerprint density at radius 2 is 1.94 bits per heavy atom. The minimum atomic E-state index is 0.724. The number of hydrogen-bond donors (Lipinski definition) is 0. The first kappa shape index (κ1) is 11.8. The van der Waals surface area contributed by atoms with Gasteiger partial charge in [0, 0.05) is 12.5 Å². The van der Waals surface area contributed by atoms with Gasteiger partial charge in [-0.05, 0) is 47.5 Å². The molecule has 1 aromatic heterocycles. The molecule has 3 rings (SSSR count). The average molecular weight is 297 g/mol. The van der Waals surface area contributed by atoms with Crippen molar-refractivity contribution >= 4 is 15.9 Å². The van der Waals surface area contributed by atoms with Crippen LogP contribution in [0.15, 0.2) is 4.60 Å². The fourth-order valence-corrected chi connectivity index (χ4v) is 3.93. The second-order valence-electron chi connectivity index (χ2n) is 5.79. The van der Waals surface area contributed by atoms with Crippen LogP contribution in [0.2, 0.25) is 0 Å². The molecule has 3 heteroatoms. The highest BCUT2D eigenvalue weighted by Gasteiger charge is 2.27. The van der Waals surface area contributed by atoms with E-state index < -0.39 is 0 Å². The van der Waals surface area contributed by atoms with E-state index in [-0.39, 0.29) is 0 Å². The smallest absolute Gasteiger partial charge is 0.127 e. The van der Waals surface area contributed by atoms with Crippen LogP contribution in [-0.2, 0) is 13.0 Å². The fourth-order valence-electron chi connectivity index (χ4n) is 3.37. The van der Waals surface area contributed by atoms with Crippen LogP contribution >= 0.6 is 15.9 Å². The minimum Gasteiger partial charge on any atom is -0.331 e. The van der Waals surface area contributed by atoms with Crippen LogP contribution in [-0.4, -0.2) is 9.55 Å². The summed E-state index contributed by atoms with van der Waals surface area (Å²) >= 11 is 3.67. The zero-order chi connectivity index (χ0) is 11.8. The zero-order valence-electron chi connectivity index (χ0n) is 10.6. The first-order valence-corrected chi connectivity index (χ1v) is 7.80. The second-order valence-corrected chi connectivity index (χ2v) is 6.54. The number of fused-ring (bicyclic) bond motifs is 1. The van der Waals surface area contributed by atoms with Gasteiger partial charge in [0.2, 0.25) is 0 Å². The van der Waals surface area contributed by atoms with Crippen molar-refractivity contribution in [3.05, 3.63) is 16.1 Å². The number of rotatable bonds is 1. The molecule has 0 radical (unpaired) electrons. The summed E-state index contributed by atoms with van der Waals surface area (Å²) in [4.78, 5) is 4.83. The number of nitrogens with zero attached hydrogens (tertiary/aromatic N) is 2. The van der Waals surface area contributed by atoms with Crippen LogP contribution in [0.4, 0.5) is 0 Å². The molecule has 17 heavy (non-hydrogen) atoms. The number of imidazole rings is 1. The number of halogens is 1. The van der Waals surface area contributed by atoms with E-state index in [9.17, 15) is 0 Å². The van der Waals surface area contributed by atoms with E-state index in [0.717, 1.165) is 16.4 Å². The van der Waals surface area contributed by atoms with E-state index in [1.54, 1.807) is 0 Å². The summed E-state index contributed by atoms with van der Waals surface area (Å²) in [6, 6.07) is 0. The third-order valence-corrected chi connectivity index (χ3v) is 5.05. The molecule has 0 N–H and O–H groups in total. The van der Waals surface area contributed by atoms with Gasteiger partial charge in [-0.15, -0.1) is 0 Å². The molecule has 0 aromatic carbocycles. The molecule has 0 spiro atoms. The third-order valence-electron chi connectivity index (χ3n) is 4.41. The molecule has 2 nitrogen and oxygen atoms in total. The van der Waals surface area contributed by atoms with Crippen molar-refractivity contribution in [3.63, 3.8) is 0 Å². The van der Waals surface area contributed by atoms with Crippen molar-refractivity contribution in [1.82, 2.24) is 9.55 Å². The van der Waals surface area contributed by atoms with E-state index in [0.29, 0.717) is 0 Å². The molecule has 1 unspecified atom stereocenters. The van der Waals surface area contributed by atoms with Gasteiger partial charge < -0.3 is 4.57 Å². The summed E-state index contributed by atoms with van der Waals surface area (Å²) in [5, 5.41) is 0. The van der Waals surface area contributed by atoms with Gasteiger partial charge in [-0.25, -0.2) is 4.98 Å². The number of hydrogen-bond acceptors (Lipinski definition) is 1. The summed E-state index contributed by atoms with van der Waals surface area (Å²) in [5.41, 5.74) is 1.45. The molecule has 2 heterocycles. The predicted molar refractivity (Wildman–Crippen MR) is 73.2 cm³/mol. The Kier molecular flexibility index (Phi) is 3.29. The van der Waals surface area contributed by atoms with Gasteiger partial charge in [0.05, 0.1) is 5.69 Å². The van der Waals surface area contributed by atoms with E-state index in [1.807, 2.05) is 0 Å². The molecule has 2 aliphatic rings. The van der Waals surface area contributed by atoms with Gasteiger partial charge in [-0.2, -0.15) is 0 Å². The lowest BCUT2D eigenvalue weighted by Crippen LogP contribution is -2.20. The van der Waals surface area contributed by atoms with Crippen molar-refractivity contribution in [2.45, 2.75) is 64.3 Å². The second kappa shape index (κ2) is 4.75. The topological polar surface area (TPSA) is 17.8 Å². The maximum Gasteiger partial charge on any atom is 0.127 e. The van der Waals surface area contributed by atoms with Crippen LogP contribution in [0, 0.1) is 5.92 Å². The largest absolute Gasteiger partial charge is 0.331 e. The van der Waals surface area contributed by atoms with Crippen molar-refractivity contribution in [3.8, 4) is 0 Å². The predicted octanol–water partition coefficient (Wildman–Crippen LogP) is 4.28. The Bertz CT molecular complexity index is 405. The van der Waals surface area contributed by atoms with Crippen LogP contribution in [0.25, 0.3) is 0 Å². The highest BCUT2D eigenvalue weighted by molar-refractivity contribution is 9.10. The lowest BCUT2D eigenvalue weighted by molar-refractivity contribution is 0.374. The Hall–Kier alpha value is -0.310. The summed E-state index contributed by atoms with van der Waals surface area (Å²) in [6.07, 6.45) is 9.40. The Balaban J connectivity index is 1.92. The Morgan fingerprint density at radius 3 is 2.71 bits per heavy atom. The summed E-state index contributed by atoms with van der Waals surface area (Å²) < 4.78 is 3.63. The number of aromatic nitrogens is 2. The van der Waals surface area contributed by atoms with Gasteiger partial charge in [-0.1, -0.05) is 26.2 Å². The maximum atomic E-state index is 4.83. The van der Waals surface area contributed by atoms with E-state index in [2.05, 4.69) is 27.4 Å². The van der Waals surface area contributed by atoms with Gasteiger partial charge >= 0.3 is 0 Å². The highest BCUT2D eigenvalue weighted by Crippen LogP contribution is 2.36. The Labute approximate surface area is 112 Å². The minimum absolute atomic E-state index is 0.724. The summed E-state index contributed by atoms with van der Waals surface area (Å²) in [5.74, 6) is 2.91. The molecule has 94 valence electrons. The van der Waals surface area contributed by atoms with Crippen molar-refractivity contribution in [2.24, 2.45) is 5.92 Å². The van der Waals surface area contributed by atoms with Crippen LogP contribution in [0.3, 0.4) is 0 Å². The van der Waals surface area contributed by atoms with Crippen molar-refractivity contribution < 1.29 is 0 Å². The first-order chi connectivity index (χ1) is 8.25. The van der Waals surface area contributed by atoms with Gasteiger partial charge in [0.25, 0.3) is 0 Å². The van der Waals surface area contributed by atoms with Gasteiger partial charge in [0.1, 0.15) is 10.4 Å². The molecule has 1 aromatic rings. The van der Waals surface area contributed by atoms with Gasteiger partial charge in [0.15, 0.2) is 0 Å². The van der Waals surface area contributed by atoms with E-state index in [1.165, 1.54) is 63.0 Å². The standard InChI is InChI=1S/C14H21BrN2/c1-10-7-8-17-12(9-10)13(15)16-14(17)11-5-3-2-4-6-11/h10-11H,2-9H2,1H3. The first-order valence-electron chi connectivity index (χ1n) is 7.00. The molecule has 1 atom stereocenters. The van der Waals surface area contributed by atoms with Crippen molar-refractivity contribution in [1.29, 1.82) is 0 Å². The molecular formula is C14H21BrN2. The fraction of sp³-hybridized carbons (Fsp3) is 0.786. The molecule has 1 fully saturated rings. The lowest BCUT2D eigenvalue weighted by atomic mass is 9.88. The third kappa shape index (κ3) is 2.18. The van der Waals surface area contributed by atoms with Crippen LogP contribution < -0.4 is 0 Å². The maximum absolute atomic E-state index is 4.83. The molecule has 0 saturated heterocycles. The molecule has 1 aliphatic heterocycles. The van der Waals surface area contributed by atoms with E-state index in [4.69, 9.17) is 4.98 Å². The van der Waals surface area contributed by atoms with E-state index >= 15 is 0 Å². The summed E-state index contributed by atoms with van der Waals surface area (Å²) in [6.45, 7) is 3.53.